The highest BCUT2D eigenvalue weighted by atomic mass is 16.5. The lowest BCUT2D eigenvalue weighted by molar-refractivity contribution is 0.0956. The Bertz CT molecular complexity index is 1550. The first-order valence-electron chi connectivity index (χ1n) is 10.9. The lowest BCUT2D eigenvalue weighted by Gasteiger charge is -2.10. The quantitative estimate of drug-likeness (QED) is 0.281. The van der Waals surface area contributed by atoms with E-state index in [1.807, 2.05) is 79.7 Å². The minimum atomic E-state index is -0.298. The topological polar surface area (TPSA) is 76.5 Å². The van der Waals surface area contributed by atoms with Crippen LogP contribution < -0.4 is 10.2 Å². The number of amides is 1. The Labute approximate surface area is 196 Å². The number of benzene rings is 3. The van der Waals surface area contributed by atoms with Gasteiger partial charge in [0.1, 0.15) is 5.75 Å². The van der Waals surface area contributed by atoms with Crippen LogP contribution in [-0.2, 0) is 0 Å². The summed E-state index contributed by atoms with van der Waals surface area (Å²) in [5.41, 5.74) is 7.12. The number of aromatic nitrogens is 2. The molecule has 0 aliphatic carbocycles. The number of hydrogen-bond acceptors (Lipinski definition) is 5. The maximum atomic E-state index is 13.2. The lowest BCUT2D eigenvalue weighted by Crippen LogP contribution is -2.20. The summed E-state index contributed by atoms with van der Waals surface area (Å²) >= 11 is 0. The zero-order chi connectivity index (χ0) is 23.5. The number of pyridine rings is 2. The minimum absolute atomic E-state index is 0.298. The van der Waals surface area contributed by atoms with Gasteiger partial charge in [0.25, 0.3) is 5.91 Å². The monoisotopic (exact) mass is 446 g/mol. The van der Waals surface area contributed by atoms with Crippen molar-refractivity contribution in [3.63, 3.8) is 0 Å². The Morgan fingerprint density at radius 1 is 0.941 bits per heavy atom. The van der Waals surface area contributed by atoms with Gasteiger partial charge in [0.05, 0.1) is 29.6 Å². The van der Waals surface area contributed by atoms with E-state index in [2.05, 4.69) is 15.5 Å². The first-order valence-corrected chi connectivity index (χ1v) is 10.9. The number of rotatable bonds is 5. The number of hydrazone groups is 1. The number of hydrogen-bond donors (Lipinski definition) is 1. The number of carbonyl (C=O) groups excluding carboxylic acids is 1. The molecule has 0 spiro atoms. The van der Waals surface area contributed by atoms with E-state index in [-0.39, 0.29) is 5.91 Å². The van der Waals surface area contributed by atoms with E-state index in [0.717, 1.165) is 38.6 Å². The molecule has 5 aromatic rings. The highest BCUT2D eigenvalue weighted by molar-refractivity contribution is 6.08. The molecular formula is C28H22N4O2. The number of ether oxygens (including phenoxy) is 1. The fraction of sp³-hybridized carbons (Fsp3) is 0.0714. The van der Waals surface area contributed by atoms with E-state index >= 15 is 0 Å². The van der Waals surface area contributed by atoms with Gasteiger partial charge in [0, 0.05) is 23.3 Å². The van der Waals surface area contributed by atoms with Gasteiger partial charge in [-0.05, 0) is 65.7 Å². The third-order valence-corrected chi connectivity index (χ3v) is 5.71. The Morgan fingerprint density at radius 3 is 2.59 bits per heavy atom. The van der Waals surface area contributed by atoms with Gasteiger partial charge in [-0.3, -0.25) is 9.78 Å². The van der Waals surface area contributed by atoms with Crippen molar-refractivity contribution in [2.45, 2.75) is 6.92 Å². The molecule has 0 aliphatic heterocycles. The SMILES string of the molecule is COc1ccc2cc(/C(C)=N\NC(=O)c3cc(-c4cccnc4)nc4ccccc34)ccc2c1. The third kappa shape index (κ3) is 4.21. The number of nitrogens with one attached hydrogen (secondary N) is 1. The van der Waals surface area contributed by atoms with E-state index in [1.54, 1.807) is 25.6 Å². The molecule has 0 fully saturated rings. The molecule has 0 atom stereocenters. The Hall–Kier alpha value is -4.58. The van der Waals surface area contributed by atoms with Crippen molar-refractivity contribution in [1.82, 2.24) is 15.4 Å². The molecule has 0 bridgehead atoms. The van der Waals surface area contributed by atoms with Crippen molar-refractivity contribution in [3.05, 3.63) is 102 Å². The maximum Gasteiger partial charge on any atom is 0.272 e. The molecule has 34 heavy (non-hydrogen) atoms. The average molecular weight is 447 g/mol. The van der Waals surface area contributed by atoms with Crippen LogP contribution in [0, 0.1) is 0 Å². The fourth-order valence-corrected chi connectivity index (χ4v) is 3.86. The zero-order valence-electron chi connectivity index (χ0n) is 18.8. The molecule has 0 saturated carbocycles. The Morgan fingerprint density at radius 2 is 1.76 bits per heavy atom. The number of carbonyl (C=O) groups is 1. The van der Waals surface area contributed by atoms with Gasteiger partial charge in [0.2, 0.25) is 0 Å². The van der Waals surface area contributed by atoms with Crippen molar-refractivity contribution in [2.24, 2.45) is 5.10 Å². The summed E-state index contributed by atoms with van der Waals surface area (Å²) in [6.45, 7) is 1.87. The van der Waals surface area contributed by atoms with Crippen LogP contribution in [0.3, 0.4) is 0 Å². The van der Waals surface area contributed by atoms with Crippen LogP contribution in [0.2, 0.25) is 0 Å². The van der Waals surface area contributed by atoms with Crippen LogP contribution in [0.5, 0.6) is 5.75 Å². The molecule has 0 saturated heterocycles. The van der Waals surface area contributed by atoms with Gasteiger partial charge in [-0.15, -0.1) is 0 Å². The van der Waals surface area contributed by atoms with Crippen molar-refractivity contribution in [2.75, 3.05) is 7.11 Å². The molecule has 0 unspecified atom stereocenters. The van der Waals surface area contributed by atoms with E-state index in [0.29, 0.717) is 17.0 Å². The van der Waals surface area contributed by atoms with Crippen LogP contribution in [-0.4, -0.2) is 28.7 Å². The summed E-state index contributed by atoms with van der Waals surface area (Å²) < 4.78 is 5.29. The molecule has 0 aliphatic rings. The molecular weight excluding hydrogens is 424 g/mol. The van der Waals surface area contributed by atoms with Crippen LogP contribution in [0.4, 0.5) is 0 Å². The molecule has 1 N–H and O–H groups in total. The standard InChI is InChI=1S/C28H22N4O2/c1-18(19-9-10-21-15-23(34-2)12-11-20(21)14-19)31-32-28(33)25-16-27(22-6-5-13-29-17-22)30-26-8-4-3-7-24(25)26/h3-17H,1-2H3,(H,32,33)/b31-18-. The minimum Gasteiger partial charge on any atom is -0.497 e. The summed E-state index contributed by atoms with van der Waals surface area (Å²) in [4.78, 5) is 22.1. The normalized spacial score (nSPS) is 11.5. The Kier molecular flexibility index (Phi) is 5.70. The van der Waals surface area contributed by atoms with Crippen molar-refractivity contribution < 1.29 is 9.53 Å². The first kappa shape index (κ1) is 21.3. The van der Waals surface area contributed by atoms with Gasteiger partial charge in [-0.25, -0.2) is 10.4 Å². The molecule has 2 aromatic heterocycles. The second-order valence-corrected chi connectivity index (χ2v) is 7.88. The van der Waals surface area contributed by atoms with Crippen LogP contribution in [0.15, 0.2) is 96.4 Å². The van der Waals surface area contributed by atoms with Crippen LogP contribution in [0.1, 0.15) is 22.8 Å². The van der Waals surface area contributed by atoms with Crippen LogP contribution in [0.25, 0.3) is 32.9 Å². The molecule has 6 heteroatoms. The van der Waals surface area contributed by atoms with Crippen LogP contribution >= 0.6 is 0 Å². The smallest absolute Gasteiger partial charge is 0.272 e. The molecule has 0 radical (unpaired) electrons. The second-order valence-electron chi connectivity index (χ2n) is 7.88. The van der Waals surface area contributed by atoms with E-state index in [4.69, 9.17) is 9.72 Å². The predicted octanol–water partition coefficient (Wildman–Crippen LogP) is 5.61. The van der Waals surface area contributed by atoms with Gasteiger partial charge in [-0.2, -0.15) is 5.10 Å². The van der Waals surface area contributed by atoms with Gasteiger partial charge in [-0.1, -0.05) is 36.4 Å². The maximum absolute atomic E-state index is 13.2. The van der Waals surface area contributed by atoms with Crippen molar-refractivity contribution >= 4 is 33.3 Å². The third-order valence-electron chi connectivity index (χ3n) is 5.71. The number of methoxy groups -OCH3 is 1. The van der Waals surface area contributed by atoms with Gasteiger partial charge >= 0.3 is 0 Å². The first-order chi connectivity index (χ1) is 16.6. The lowest BCUT2D eigenvalue weighted by atomic mass is 10.0. The highest BCUT2D eigenvalue weighted by Crippen LogP contribution is 2.25. The van der Waals surface area contributed by atoms with E-state index in [1.165, 1.54) is 0 Å². The molecule has 166 valence electrons. The zero-order valence-corrected chi connectivity index (χ0v) is 18.8. The number of nitrogens with zero attached hydrogens (tertiary/aromatic N) is 3. The number of para-hydroxylation sites is 1. The molecule has 1 amide bonds. The summed E-state index contributed by atoms with van der Waals surface area (Å²) in [7, 11) is 1.65. The molecule has 2 heterocycles. The van der Waals surface area contributed by atoms with Crippen molar-refractivity contribution in [3.8, 4) is 17.0 Å². The fourth-order valence-electron chi connectivity index (χ4n) is 3.86. The summed E-state index contributed by atoms with van der Waals surface area (Å²) in [5, 5.41) is 7.29. The number of fused-ring (bicyclic) bond motifs is 2. The second kappa shape index (κ2) is 9.11. The Balaban J connectivity index is 1.46. The predicted molar refractivity (Wildman–Crippen MR) is 135 cm³/mol. The van der Waals surface area contributed by atoms with E-state index < -0.39 is 0 Å². The average Bonchev–Trinajstić information content (AvgIpc) is 2.90. The highest BCUT2D eigenvalue weighted by Gasteiger charge is 2.14. The summed E-state index contributed by atoms with van der Waals surface area (Å²) in [6, 6.07) is 25.1. The van der Waals surface area contributed by atoms with Crippen molar-refractivity contribution in [1.29, 1.82) is 0 Å². The summed E-state index contributed by atoms with van der Waals surface area (Å²) in [5.74, 6) is 0.516. The molecule has 5 rings (SSSR count). The van der Waals surface area contributed by atoms with Gasteiger partial charge in [0.15, 0.2) is 0 Å². The molecule has 3 aromatic carbocycles. The largest absolute Gasteiger partial charge is 0.497 e. The summed E-state index contributed by atoms with van der Waals surface area (Å²) in [6.07, 6.45) is 3.44. The molecule has 6 nitrogen and oxygen atoms in total. The van der Waals surface area contributed by atoms with E-state index in [9.17, 15) is 4.79 Å². The van der Waals surface area contributed by atoms with Gasteiger partial charge < -0.3 is 4.74 Å².